The van der Waals surface area contributed by atoms with Crippen molar-refractivity contribution in [2.45, 2.75) is 132 Å². The molecule has 1 aromatic rings. The summed E-state index contributed by atoms with van der Waals surface area (Å²) in [5.41, 5.74) is -0.271. The second-order valence-corrected chi connectivity index (χ2v) is 19.9. The van der Waals surface area contributed by atoms with E-state index in [1.165, 1.54) is 12.1 Å². The van der Waals surface area contributed by atoms with Crippen molar-refractivity contribution in [2.24, 2.45) is 35.5 Å². The lowest BCUT2D eigenvalue weighted by Gasteiger charge is -2.30. The van der Waals surface area contributed by atoms with E-state index in [0.717, 1.165) is 35.7 Å². The minimum atomic E-state index is -0.825. The number of hydrogen-bond donors (Lipinski definition) is 0. The van der Waals surface area contributed by atoms with Crippen LogP contribution in [0.15, 0.2) is 57.2 Å². The van der Waals surface area contributed by atoms with Crippen LogP contribution in [-0.2, 0) is 76.3 Å². The fraction of sp³-hybridized carbons (Fsp3) is 0.560. The van der Waals surface area contributed by atoms with Gasteiger partial charge in [0, 0.05) is 12.2 Å². The van der Waals surface area contributed by atoms with Crippen molar-refractivity contribution in [3.8, 4) is 11.5 Å². The molecular formula is C50H57NO18S2. The van der Waals surface area contributed by atoms with Gasteiger partial charge in [-0.15, -0.1) is 0 Å². The van der Waals surface area contributed by atoms with Crippen LogP contribution in [-0.4, -0.2) is 86.1 Å². The number of ether oxygens (including phenoxy) is 9. The average Bonchev–Trinajstić information content (AvgIpc) is 3.83. The highest BCUT2D eigenvalue weighted by Gasteiger charge is 2.39. The zero-order chi connectivity index (χ0) is 51.0. The predicted molar refractivity (Wildman–Crippen MR) is 249 cm³/mol. The summed E-state index contributed by atoms with van der Waals surface area (Å²) in [5, 5.41) is 0. The Bertz CT molecular complexity index is 2150. The number of benzene rings is 1. The fourth-order valence-corrected chi connectivity index (χ4v) is 11.6. The molecular weight excluding hydrogens is 967 g/mol. The van der Waals surface area contributed by atoms with Crippen LogP contribution in [0.1, 0.15) is 110 Å². The molecule has 4 aliphatic carbocycles. The third kappa shape index (κ3) is 14.9. The van der Waals surface area contributed by atoms with E-state index in [0.29, 0.717) is 113 Å². The monoisotopic (exact) mass is 1020 g/mol. The Morgan fingerprint density at radius 1 is 0.521 bits per heavy atom. The van der Waals surface area contributed by atoms with Gasteiger partial charge in [-0.05, 0) is 122 Å². The summed E-state index contributed by atoms with van der Waals surface area (Å²) in [6.07, 6.45) is 7.87. The third-order valence-electron chi connectivity index (χ3n) is 13.1. The van der Waals surface area contributed by atoms with Gasteiger partial charge in [0.15, 0.2) is 0 Å². The molecule has 1 aromatic carbocycles. The van der Waals surface area contributed by atoms with E-state index >= 15 is 0 Å². The van der Waals surface area contributed by atoms with Crippen molar-refractivity contribution >= 4 is 77.2 Å². The Hall–Kier alpha value is -6.14. The van der Waals surface area contributed by atoms with E-state index in [4.69, 9.17) is 49.2 Å². The second-order valence-electron chi connectivity index (χ2n) is 17.7. The Balaban J connectivity index is 0.986. The summed E-state index contributed by atoms with van der Waals surface area (Å²) in [6.45, 7) is 14.9. The molecule has 6 rings (SSSR count). The zero-order valence-electron chi connectivity index (χ0n) is 39.4. The summed E-state index contributed by atoms with van der Waals surface area (Å²) in [5.74, 6) is -7.28. The number of fused-ring (bicyclic) bond motifs is 1. The van der Waals surface area contributed by atoms with E-state index in [1.54, 1.807) is 6.92 Å². The number of carbonyl (C=O) groups excluding carboxylic acids is 9. The smallest absolute Gasteiger partial charge is 0.338 e. The molecule has 19 nitrogen and oxygen atoms in total. The average molecular weight is 1020 g/mol. The molecule has 5 aliphatic rings. The van der Waals surface area contributed by atoms with E-state index in [9.17, 15) is 43.2 Å². The first-order chi connectivity index (χ1) is 34.2. The van der Waals surface area contributed by atoms with Crippen LogP contribution >= 0.6 is 23.5 Å². The predicted octanol–water partition coefficient (Wildman–Crippen LogP) is 7.62. The lowest BCUT2D eigenvalue weighted by Crippen LogP contribution is -2.33. The summed E-state index contributed by atoms with van der Waals surface area (Å²) < 4.78 is 48.4. The number of thioether (sulfide) groups is 2. The zero-order valence-corrected chi connectivity index (χ0v) is 41.0. The molecule has 21 heteroatoms. The standard InChI is InChI=1S/C50H57NO18S2/c1-5-38(52)62-26-64-43(54)28-8-12-30(13-9-28)45(56)66-34-20-16-32(17-21-34)47(58)68-36-24-25-37(42-41(36)70-50(71-42)40(51-4)49(60)61-7-3)69-48(59)33-18-22-35(23-19-33)67-46(57)31-14-10-29(11-15-31)44(55)65-27-63-39(53)6-2/h5-6,24-25,28-35H,1-2,7-23,26-27H2,3H3. The van der Waals surface area contributed by atoms with Gasteiger partial charge in [0.1, 0.15) is 23.7 Å². The molecule has 0 spiro atoms. The largest absolute Gasteiger partial charge is 0.471 e. The first-order valence-electron chi connectivity index (χ1n) is 23.8. The Morgan fingerprint density at radius 3 is 1.20 bits per heavy atom. The van der Waals surface area contributed by atoms with Crippen molar-refractivity contribution in [3.63, 3.8) is 0 Å². The summed E-state index contributed by atoms with van der Waals surface area (Å²) in [6, 6.07) is 3.01. The van der Waals surface area contributed by atoms with Crippen LogP contribution in [0, 0.1) is 42.1 Å². The Labute approximate surface area is 419 Å². The maximum atomic E-state index is 13.7. The van der Waals surface area contributed by atoms with Gasteiger partial charge in [0.05, 0.1) is 62.7 Å². The molecule has 4 fully saturated rings. The second kappa shape index (κ2) is 26.3. The molecule has 1 aliphatic heterocycles. The molecule has 0 radical (unpaired) electrons. The molecule has 71 heavy (non-hydrogen) atoms. The molecule has 382 valence electrons. The molecule has 0 saturated heterocycles. The molecule has 0 unspecified atom stereocenters. The van der Waals surface area contributed by atoms with Gasteiger partial charge < -0.3 is 42.6 Å². The van der Waals surface area contributed by atoms with Crippen LogP contribution in [0.2, 0.25) is 0 Å². The molecule has 0 N–H and O–H groups in total. The Morgan fingerprint density at radius 2 is 0.859 bits per heavy atom. The van der Waals surface area contributed by atoms with Gasteiger partial charge in [-0.25, -0.2) is 14.4 Å². The van der Waals surface area contributed by atoms with Crippen molar-refractivity contribution in [3.05, 3.63) is 58.8 Å². The number of carbonyl (C=O) groups is 9. The molecule has 1 heterocycles. The molecule has 4 saturated carbocycles. The minimum absolute atomic E-state index is 0.0401. The normalized spacial score (nSPS) is 24.7. The van der Waals surface area contributed by atoms with Crippen molar-refractivity contribution in [1.82, 2.24) is 0 Å². The van der Waals surface area contributed by atoms with Crippen molar-refractivity contribution in [1.29, 1.82) is 0 Å². The van der Waals surface area contributed by atoms with Gasteiger partial charge in [0.2, 0.25) is 13.6 Å². The topological polar surface area (TPSA) is 241 Å². The van der Waals surface area contributed by atoms with Gasteiger partial charge >= 0.3 is 53.7 Å². The van der Waals surface area contributed by atoms with Gasteiger partial charge in [-0.3, -0.25) is 33.6 Å². The van der Waals surface area contributed by atoms with Gasteiger partial charge in [-0.2, -0.15) is 0 Å². The molecule has 0 bridgehead atoms. The molecule has 0 aromatic heterocycles. The number of rotatable bonds is 18. The highest BCUT2D eigenvalue weighted by Crippen LogP contribution is 2.59. The van der Waals surface area contributed by atoms with Crippen LogP contribution in [0.3, 0.4) is 0 Å². The summed E-state index contributed by atoms with van der Waals surface area (Å²) in [7, 11) is 0. The van der Waals surface area contributed by atoms with Gasteiger partial charge in [0.25, 0.3) is 5.70 Å². The third-order valence-corrected chi connectivity index (χ3v) is 15.7. The van der Waals surface area contributed by atoms with E-state index in [-0.39, 0.29) is 51.8 Å². The first kappa shape index (κ1) is 54.2. The van der Waals surface area contributed by atoms with Crippen LogP contribution in [0.4, 0.5) is 0 Å². The maximum Gasteiger partial charge on any atom is 0.338 e. The summed E-state index contributed by atoms with van der Waals surface area (Å²) in [4.78, 5) is 118. The highest BCUT2D eigenvalue weighted by molar-refractivity contribution is 8.24. The highest BCUT2D eigenvalue weighted by atomic mass is 32.2. The van der Waals surface area contributed by atoms with Gasteiger partial charge in [-0.1, -0.05) is 36.7 Å². The number of hydrogen-bond acceptors (Lipinski definition) is 20. The van der Waals surface area contributed by atoms with E-state index in [1.807, 2.05) is 0 Å². The Kier molecular flexibility index (Phi) is 20.1. The molecule has 0 atom stereocenters. The quantitative estimate of drug-likeness (QED) is 0.0343. The van der Waals surface area contributed by atoms with E-state index < -0.39 is 91.3 Å². The fourth-order valence-electron chi connectivity index (χ4n) is 9.07. The van der Waals surface area contributed by atoms with E-state index in [2.05, 4.69) is 18.0 Å². The number of esters is 9. The minimum Gasteiger partial charge on any atom is -0.471 e. The lowest BCUT2D eigenvalue weighted by molar-refractivity contribution is -0.171. The van der Waals surface area contributed by atoms with Crippen molar-refractivity contribution < 1.29 is 85.8 Å². The van der Waals surface area contributed by atoms with Crippen LogP contribution < -0.4 is 9.47 Å². The lowest BCUT2D eigenvalue weighted by atomic mass is 9.82. The first-order valence-corrected chi connectivity index (χ1v) is 25.4. The van der Waals surface area contributed by atoms with Crippen LogP contribution in [0.5, 0.6) is 11.5 Å². The number of nitrogens with zero attached hydrogens (tertiary/aromatic N) is 1. The molecule has 0 amide bonds. The maximum absolute atomic E-state index is 13.7. The summed E-state index contributed by atoms with van der Waals surface area (Å²) >= 11 is 2.06. The SMILES string of the molecule is [C-]#[N+]C(C(=O)OCC)=C1Sc2c(OC(=O)C3CCC(OC(=O)C4CCC(C(=O)OCOC(=O)C=C)CC4)CC3)ccc(OC(=O)C3CCC(OC(=O)C4CCC(C(=O)OCOC(=O)C=C)CC4)CC3)c2S1. The van der Waals surface area contributed by atoms with Crippen LogP contribution in [0.25, 0.3) is 4.85 Å². The van der Waals surface area contributed by atoms with Crippen molar-refractivity contribution in [2.75, 3.05) is 20.2 Å².